The number of hydrogen-bond donors (Lipinski definition) is 1. The molecule has 0 fully saturated rings. The van der Waals surface area contributed by atoms with Gasteiger partial charge in [0.2, 0.25) is 0 Å². The molecule has 0 bridgehead atoms. The summed E-state index contributed by atoms with van der Waals surface area (Å²) in [6.45, 7) is 0.628. The molecule has 116 valence electrons. The number of ether oxygens (including phenoxy) is 1. The molecule has 0 aliphatic rings. The van der Waals surface area contributed by atoms with Crippen LogP contribution < -0.4 is 5.69 Å². The number of aliphatic hydroxyl groups excluding tert-OH is 1. The number of benzene rings is 1. The van der Waals surface area contributed by atoms with Gasteiger partial charge in [0.25, 0.3) is 0 Å². The van der Waals surface area contributed by atoms with Gasteiger partial charge in [0, 0.05) is 7.05 Å². The quantitative estimate of drug-likeness (QED) is 0.749. The minimum absolute atomic E-state index is 0.135. The monoisotopic (exact) mass is 302 g/mol. The highest BCUT2D eigenvalue weighted by Crippen LogP contribution is 2.12. The molecule has 1 N–H and O–H groups in total. The summed E-state index contributed by atoms with van der Waals surface area (Å²) in [5.41, 5.74) is 1.50. The van der Waals surface area contributed by atoms with Gasteiger partial charge in [-0.1, -0.05) is 12.1 Å². The zero-order chi connectivity index (χ0) is 15.5. The Hall–Kier alpha value is -2.31. The fourth-order valence-corrected chi connectivity index (χ4v) is 2.49. The zero-order valence-electron chi connectivity index (χ0n) is 12.3. The van der Waals surface area contributed by atoms with Gasteiger partial charge in [-0.05, 0) is 24.3 Å². The smallest absolute Gasteiger partial charge is 0.328 e. The van der Waals surface area contributed by atoms with Crippen LogP contribution in [0.2, 0.25) is 0 Å². The van der Waals surface area contributed by atoms with E-state index in [0.29, 0.717) is 12.4 Å². The molecule has 0 aliphatic heterocycles. The highest BCUT2D eigenvalue weighted by atomic mass is 16.5. The van der Waals surface area contributed by atoms with E-state index in [4.69, 9.17) is 9.15 Å². The van der Waals surface area contributed by atoms with Crippen LogP contribution in [0.25, 0.3) is 11.0 Å². The van der Waals surface area contributed by atoms with E-state index in [-0.39, 0.29) is 18.8 Å². The van der Waals surface area contributed by atoms with Crippen molar-refractivity contribution in [2.75, 3.05) is 6.61 Å². The second-order valence-electron chi connectivity index (χ2n) is 5.19. The van der Waals surface area contributed by atoms with Gasteiger partial charge in [-0.3, -0.25) is 9.13 Å². The zero-order valence-corrected chi connectivity index (χ0v) is 12.3. The van der Waals surface area contributed by atoms with Crippen LogP contribution in [0.4, 0.5) is 0 Å². The Labute approximate surface area is 127 Å². The third kappa shape index (κ3) is 2.84. The van der Waals surface area contributed by atoms with Gasteiger partial charge in [0.1, 0.15) is 12.4 Å². The third-order valence-electron chi connectivity index (χ3n) is 3.58. The molecule has 1 aromatic carbocycles. The van der Waals surface area contributed by atoms with E-state index in [2.05, 4.69) is 0 Å². The predicted octanol–water partition coefficient (Wildman–Crippen LogP) is 1.51. The van der Waals surface area contributed by atoms with Crippen molar-refractivity contribution in [3.05, 3.63) is 58.9 Å². The number of fused-ring (bicyclic) bond motifs is 1. The van der Waals surface area contributed by atoms with Crippen LogP contribution in [0.15, 0.2) is 51.9 Å². The number of nitrogens with zero attached hydrogens (tertiary/aromatic N) is 2. The number of aromatic nitrogens is 2. The van der Waals surface area contributed by atoms with Gasteiger partial charge in [0.15, 0.2) is 0 Å². The van der Waals surface area contributed by atoms with E-state index in [1.807, 2.05) is 30.3 Å². The standard InChI is InChI=1S/C16H18N2O4/c1-17-14-6-2-3-7-15(14)18(16(17)20)9-12(19)10-21-11-13-5-4-8-22-13/h2-8,12,19H,9-11H2,1H3. The molecular weight excluding hydrogens is 284 g/mol. The summed E-state index contributed by atoms with van der Waals surface area (Å²) in [6, 6.07) is 11.1. The Kier molecular flexibility index (Phi) is 4.13. The van der Waals surface area contributed by atoms with Crippen molar-refractivity contribution in [1.29, 1.82) is 0 Å². The normalized spacial score (nSPS) is 12.8. The summed E-state index contributed by atoms with van der Waals surface area (Å²) in [5, 5.41) is 10.1. The average Bonchev–Trinajstić information content (AvgIpc) is 3.11. The number of para-hydroxylation sites is 2. The number of aryl methyl sites for hydroxylation is 1. The first kappa shape index (κ1) is 14.6. The Bertz CT molecular complexity index is 801. The number of furan rings is 1. The van der Waals surface area contributed by atoms with Crippen LogP contribution in [0.3, 0.4) is 0 Å². The molecule has 0 radical (unpaired) electrons. The second kappa shape index (κ2) is 6.21. The van der Waals surface area contributed by atoms with Crippen LogP contribution in [-0.2, 0) is 24.9 Å². The minimum Gasteiger partial charge on any atom is -0.467 e. The van der Waals surface area contributed by atoms with Crippen LogP contribution >= 0.6 is 0 Å². The Morgan fingerprint density at radius 2 is 2.00 bits per heavy atom. The topological polar surface area (TPSA) is 69.5 Å². The third-order valence-corrected chi connectivity index (χ3v) is 3.58. The Morgan fingerprint density at radius 1 is 1.23 bits per heavy atom. The Morgan fingerprint density at radius 3 is 2.73 bits per heavy atom. The first-order valence-corrected chi connectivity index (χ1v) is 7.09. The van der Waals surface area contributed by atoms with Crippen LogP contribution in [0, 0.1) is 0 Å². The molecule has 0 saturated heterocycles. The molecule has 22 heavy (non-hydrogen) atoms. The maximum absolute atomic E-state index is 12.2. The van der Waals surface area contributed by atoms with E-state index in [1.165, 1.54) is 0 Å². The van der Waals surface area contributed by atoms with E-state index in [1.54, 1.807) is 28.5 Å². The highest BCUT2D eigenvalue weighted by molar-refractivity contribution is 5.75. The van der Waals surface area contributed by atoms with Crippen LogP contribution in [0.1, 0.15) is 5.76 Å². The fraction of sp³-hybridized carbons (Fsp3) is 0.312. The van der Waals surface area contributed by atoms with Gasteiger partial charge >= 0.3 is 5.69 Å². The molecule has 6 heteroatoms. The number of imidazole rings is 1. The van der Waals surface area contributed by atoms with Crippen molar-refractivity contribution < 1.29 is 14.3 Å². The molecule has 0 spiro atoms. The molecule has 3 aromatic rings. The van der Waals surface area contributed by atoms with E-state index >= 15 is 0 Å². The molecule has 2 heterocycles. The molecule has 3 rings (SSSR count). The lowest BCUT2D eigenvalue weighted by Crippen LogP contribution is -2.29. The number of hydrogen-bond acceptors (Lipinski definition) is 4. The average molecular weight is 302 g/mol. The van der Waals surface area contributed by atoms with Crippen molar-refractivity contribution in [2.24, 2.45) is 7.05 Å². The van der Waals surface area contributed by atoms with Gasteiger partial charge in [0.05, 0.1) is 36.6 Å². The molecule has 1 unspecified atom stereocenters. The van der Waals surface area contributed by atoms with Crippen molar-refractivity contribution in [1.82, 2.24) is 9.13 Å². The van der Waals surface area contributed by atoms with Crippen molar-refractivity contribution in [3.63, 3.8) is 0 Å². The second-order valence-corrected chi connectivity index (χ2v) is 5.19. The lowest BCUT2D eigenvalue weighted by Gasteiger charge is -2.11. The number of aliphatic hydroxyl groups is 1. The van der Waals surface area contributed by atoms with Crippen LogP contribution in [-0.4, -0.2) is 27.0 Å². The van der Waals surface area contributed by atoms with Gasteiger partial charge in [-0.25, -0.2) is 4.79 Å². The molecule has 0 saturated carbocycles. The molecule has 1 atom stereocenters. The maximum atomic E-state index is 12.2. The lowest BCUT2D eigenvalue weighted by atomic mass is 10.3. The van der Waals surface area contributed by atoms with Crippen molar-refractivity contribution >= 4 is 11.0 Å². The van der Waals surface area contributed by atoms with Gasteiger partial charge in [-0.15, -0.1) is 0 Å². The maximum Gasteiger partial charge on any atom is 0.328 e. The molecular formula is C16H18N2O4. The largest absolute Gasteiger partial charge is 0.467 e. The van der Waals surface area contributed by atoms with Gasteiger partial charge in [-0.2, -0.15) is 0 Å². The minimum atomic E-state index is -0.765. The summed E-state index contributed by atoms with van der Waals surface area (Å²) < 4.78 is 13.7. The summed E-state index contributed by atoms with van der Waals surface area (Å²) in [5.74, 6) is 0.703. The molecule has 6 nitrogen and oxygen atoms in total. The van der Waals surface area contributed by atoms with E-state index < -0.39 is 6.10 Å². The SMILES string of the molecule is Cn1c(=O)n(CC(O)COCc2ccco2)c2ccccc21. The summed E-state index contributed by atoms with van der Waals surface area (Å²) in [4.78, 5) is 12.2. The van der Waals surface area contributed by atoms with E-state index in [9.17, 15) is 9.90 Å². The van der Waals surface area contributed by atoms with Gasteiger partial charge < -0.3 is 14.3 Å². The highest BCUT2D eigenvalue weighted by Gasteiger charge is 2.14. The van der Waals surface area contributed by atoms with Crippen molar-refractivity contribution in [3.8, 4) is 0 Å². The predicted molar refractivity (Wildman–Crippen MR) is 81.5 cm³/mol. The molecule has 0 aliphatic carbocycles. The first-order chi connectivity index (χ1) is 10.7. The molecule has 0 amide bonds. The fourth-order valence-electron chi connectivity index (χ4n) is 2.49. The summed E-state index contributed by atoms with van der Waals surface area (Å²) in [7, 11) is 1.72. The van der Waals surface area contributed by atoms with Crippen LogP contribution in [0.5, 0.6) is 0 Å². The lowest BCUT2D eigenvalue weighted by molar-refractivity contribution is 0.0147. The number of rotatable bonds is 6. The summed E-state index contributed by atoms with van der Waals surface area (Å²) in [6.07, 6.45) is 0.809. The summed E-state index contributed by atoms with van der Waals surface area (Å²) >= 11 is 0. The Balaban J connectivity index is 1.67. The first-order valence-electron chi connectivity index (χ1n) is 7.09. The van der Waals surface area contributed by atoms with E-state index in [0.717, 1.165) is 11.0 Å². The molecule has 2 aromatic heterocycles. The van der Waals surface area contributed by atoms with Crippen molar-refractivity contribution in [2.45, 2.75) is 19.3 Å².